The SMILES string of the molecule is CCN(CC)CCC(=O)c1cccc(F)c1. The van der Waals surface area contributed by atoms with E-state index in [-0.39, 0.29) is 11.6 Å². The zero-order chi connectivity index (χ0) is 12.0. The second-order valence-electron chi connectivity index (χ2n) is 3.71. The van der Waals surface area contributed by atoms with Crippen LogP contribution in [0.2, 0.25) is 0 Å². The van der Waals surface area contributed by atoms with Gasteiger partial charge in [0.25, 0.3) is 0 Å². The van der Waals surface area contributed by atoms with Crippen LogP contribution in [0.5, 0.6) is 0 Å². The van der Waals surface area contributed by atoms with E-state index in [4.69, 9.17) is 0 Å². The Kier molecular flexibility index (Phi) is 5.12. The maximum absolute atomic E-state index is 12.9. The zero-order valence-corrected chi connectivity index (χ0v) is 9.87. The number of benzene rings is 1. The number of halogens is 1. The summed E-state index contributed by atoms with van der Waals surface area (Å²) in [7, 11) is 0. The Hall–Kier alpha value is -1.22. The lowest BCUT2D eigenvalue weighted by Crippen LogP contribution is -2.25. The number of ketones is 1. The van der Waals surface area contributed by atoms with Crippen LogP contribution in [0.3, 0.4) is 0 Å². The lowest BCUT2D eigenvalue weighted by atomic mass is 10.1. The van der Waals surface area contributed by atoms with Crippen LogP contribution in [0.4, 0.5) is 4.39 Å². The predicted octanol–water partition coefficient (Wildman–Crippen LogP) is 2.74. The molecule has 0 saturated heterocycles. The Balaban J connectivity index is 2.52. The maximum atomic E-state index is 12.9. The van der Waals surface area contributed by atoms with Crippen LogP contribution in [0.1, 0.15) is 30.6 Å². The van der Waals surface area contributed by atoms with Gasteiger partial charge in [-0.15, -0.1) is 0 Å². The molecule has 1 rings (SSSR count). The minimum atomic E-state index is -0.353. The van der Waals surface area contributed by atoms with Crippen molar-refractivity contribution >= 4 is 5.78 Å². The minimum absolute atomic E-state index is 0.00593. The van der Waals surface area contributed by atoms with Crippen molar-refractivity contribution < 1.29 is 9.18 Å². The highest BCUT2D eigenvalue weighted by Gasteiger charge is 2.08. The second kappa shape index (κ2) is 6.38. The summed E-state index contributed by atoms with van der Waals surface area (Å²) in [4.78, 5) is 13.9. The van der Waals surface area contributed by atoms with Crippen LogP contribution in [0.15, 0.2) is 24.3 Å². The summed E-state index contributed by atoms with van der Waals surface area (Å²) in [6, 6.07) is 5.87. The summed E-state index contributed by atoms with van der Waals surface area (Å²) in [6.07, 6.45) is 0.450. The molecule has 0 aliphatic heterocycles. The fourth-order valence-electron chi connectivity index (χ4n) is 1.61. The highest BCUT2D eigenvalue weighted by atomic mass is 19.1. The van der Waals surface area contributed by atoms with Crippen molar-refractivity contribution in [2.45, 2.75) is 20.3 Å². The molecule has 3 heteroatoms. The normalized spacial score (nSPS) is 10.8. The largest absolute Gasteiger partial charge is 0.303 e. The lowest BCUT2D eigenvalue weighted by molar-refractivity contribution is 0.0966. The number of nitrogens with zero attached hydrogens (tertiary/aromatic N) is 1. The topological polar surface area (TPSA) is 20.3 Å². The lowest BCUT2D eigenvalue weighted by Gasteiger charge is -2.16. The molecular formula is C13H18FNO. The summed E-state index contributed by atoms with van der Waals surface area (Å²) in [5.41, 5.74) is 0.465. The van der Waals surface area contributed by atoms with E-state index in [1.165, 1.54) is 12.1 Å². The molecule has 0 aliphatic carbocycles. The van der Waals surface area contributed by atoms with Crippen LogP contribution in [0, 0.1) is 5.82 Å². The average molecular weight is 223 g/mol. The molecule has 0 bridgehead atoms. The Morgan fingerprint density at radius 3 is 2.56 bits per heavy atom. The number of carbonyl (C=O) groups is 1. The van der Waals surface area contributed by atoms with Gasteiger partial charge in [0.1, 0.15) is 5.82 Å². The molecule has 1 aromatic carbocycles. The standard InChI is InChI=1S/C13H18FNO/c1-3-15(4-2)9-8-13(16)11-6-5-7-12(14)10-11/h5-7,10H,3-4,8-9H2,1-2H3. The van der Waals surface area contributed by atoms with Crippen LogP contribution in [0.25, 0.3) is 0 Å². The number of Topliss-reactive ketones (excluding diaryl/α,β-unsaturated/α-hetero) is 1. The van der Waals surface area contributed by atoms with Crippen LogP contribution < -0.4 is 0 Å². The molecule has 16 heavy (non-hydrogen) atoms. The van der Waals surface area contributed by atoms with Gasteiger partial charge in [-0.05, 0) is 25.2 Å². The summed E-state index contributed by atoms with van der Waals surface area (Å²) < 4.78 is 12.9. The molecule has 0 spiro atoms. The van der Waals surface area contributed by atoms with Gasteiger partial charge in [-0.2, -0.15) is 0 Å². The van der Waals surface area contributed by atoms with Crippen LogP contribution in [-0.4, -0.2) is 30.3 Å². The molecular weight excluding hydrogens is 205 g/mol. The number of hydrogen-bond donors (Lipinski definition) is 0. The van der Waals surface area contributed by atoms with Gasteiger partial charge < -0.3 is 4.90 Å². The van der Waals surface area contributed by atoms with Gasteiger partial charge in [0.05, 0.1) is 0 Å². The van der Waals surface area contributed by atoms with Crippen LogP contribution >= 0.6 is 0 Å². The number of hydrogen-bond acceptors (Lipinski definition) is 2. The van der Waals surface area contributed by atoms with Crippen molar-refractivity contribution in [2.24, 2.45) is 0 Å². The predicted molar refractivity (Wildman–Crippen MR) is 63.1 cm³/mol. The van der Waals surface area contributed by atoms with Crippen molar-refractivity contribution in [1.82, 2.24) is 4.90 Å². The summed E-state index contributed by atoms with van der Waals surface area (Å²) in [5, 5.41) is 0. The Morgan fingerprint density at radius 1 is 1.31 bits per heavy atom. The smallest absolute Gasteiger partial charge is 0.164 e. The van der Waals surface area contributed by atoms with Crippen molar-refractivity contribution in [3.63, 3.8) is 0 Å². The van der Waals surface area contributed by atoms with Gasteiger partial charge in [-0.1, -0.05) is 26.0 Å². The van der Waals surface area contributed by atoms with E-state index in [1.54, 1.807) is 12.1 Å². The zero-order valence-electron chi connectivity index (χ0n) is 9.87. The third-order valence-corrected chi connectivity index (χ3v) is 2.70. The third kappa shape index (κ3) is 3.74. The highest BCUT2D eigenvalue weighted by molar-refractivity contribution is 5.96. The van der Waals surface area contributed by atoms with Gasteiger partial charge in [-0.3, -0.25) is 4.79 Å². The van der Waals surface area contributed by atoms with E-state index in [2.05, 4.69) is 18.7 Å². The summed E-state index contributed by atoms with van der Waals surface area (Å²) in [5.74, 6) is -0.347. The van der Waals surface area contributed by atoms with E-state index >= 15 is 0 Å². The first-order chi connectivity index (χ1) is 7.67. The van der Waals surface area contributed by atoms with E-state index in [1.807, 2.05) is 0 Å². The van der Waals surface area contributed by atoms with Crippen molar-refractivity contribution in [2.75, 3.05) is 19.6 Å². The first-order valence-electron chi connectivity index (χ1n) is 5.68. The summed E-state index contributed by atoms with van der Waals surface area (Å²) in [6.45, 7) is 6.74. The molecule has 1 aromatic rings. The van der Waals surface area contributed by atoms with Gasteiger partial charge >= 0.3 is 0 Å². The van der Waals surface area contributed by atoms with Gasteiger partial charge in [0.2, 0.25) is 0 Å². The van der Waals surface area contributed by atoms with Crippen molar-refractivity contribution in [1.29, 1.82) is 0 Å². The van der Waals surface area contributed by atoms with E-state index in [0.717, 1.165) is 19.6 Å². The van der Waals surface area contributed by atoms with E-state index < -0.39 is 0 Å². The van der Waals surface area contributed by atoms with Gasteiger partial charge in [0, 0.05) is 18.5 Å². The number of rotatable bonds is 6. The summed E-state index contributed by atoms with van der Waals surface area (Å²) >= 11 is 0. The average Bonchev–Trinajstić information content (AvgIpc) is 2.30. The van der Waals surface area contributed by atoms with Gasteiger partial charge in [-0.25, -0.2) is 4.39 Å². The Labute approximate surface area is 96.1 Å². The molecule has 0 amide bonds. The molecule has 0 atom stereocenters. The quantitative estimate of drug-likeness (QED) is 0.691. The molecule has 0 heterocycles. The molecule has 0 fully saturated rings. The molecule has 0 aromatic heterocycles. The first kappa shape index (κ1) is 12.8. The Bertz CT molecular complexity index is 348. The van der Waals surface area contributed by atoms with Crippen molar-refractivity contribution in [3.8, 4) is 0 Å². The monoisotopic (exact) mass is 223 g/mol. The second-order valence-corrected chi connectivity index (χ2v) is 3.71. The fraction of sp³-hybridized carbons (Fsp3) is 0.462. The number of carbonyl (C=O) groups excluding carboxylic acids is 1. The van der Waals surface area contributed by atoms with Crippen molar-refractivity contribution in [3.05, 3.63) is 35.6 Å². The van der Waals surface area contributed by atoms with E-state index in [9.17, 15) is 9.18 Å². The van der Waals surface area contributed by atoms with E-state index in [0.29, 0.717) is 12.0 Å². The molecule has 0 radical (unpaired) electrons. The Morgan fingerprint density at radius 2 is 2.00 bits per heavy atom. The molecule has 0 unspecified atom stereocenters. The third-order valence-electron chi connectivity index (χ3n) is 2.70. The highest BCUT2D eigenvalue weighted by Crippen LogP contribution is 2.07. The minimum Gasteiger partial charge on any atom is -0.303 e. The maximum Gasteiger partial charge on any atom is 0.164 e. The fourth-order valence-corrected chi connectivity index (χ4v) is 1.61. The molecule has 0 N–H and O–H groups in total. The first-order valence-corrected chi connectivity index (χ1v) is 5.68. The molecule has 0 aliphatic rings. The van der Waals surface area contributed by atoms with Crippen LogP contribution in [-0.2, 0) is 0 Å². The molecule has 2 nitrogen and oxygen atoms in total. The molecule has 0 saturated carbocycles. The van der Waals surface area contributed by atoms with Gasteiger partial charge in [0.15, 0.2) is 5.78 Å². The molecule has 88 valence electrons.